The Morgan fingerprint density at radius 3 is 2.48 bits per heavy atom. The van der Waals surface area contributed by atoms with Crippen LogP contribution in [0.5, 0.6) is 0 Å². The largest absolute Gasteiger partial charge is 0.340 e. The fourth-order valence-electron chi connectivity index (χ4n) is 2.99. The van der Waals surface area contributed by atoms with E-state index in [4.69, 9.17) is 0 Å². The normalized spacial score (nSPS) is 21.4. The quantitative estimate of drug-likeness (QED) is 0.761. The third-order valence-electron chi connectivity index (χ3n) is 4.44. The molecular formula is C18H22N4O3. The SMILES string of the molecule is O=C1NC(=O)C(CC(=O)N2CCN(C/C=C/c3ccccc3)CC2)N1. The summed E-state index contributed by atoms with van der Waals surface area (Å²) in [6, 6.07) is 8.86. The van der Waals surface area contributed by atoms with E-state index in [1.807, 2.05) is 18.2 Å². The molecule has 25 heavy (non-hydrogen) atoms. The van der Waals surface area contributed by atoms with Crippen molar-refractivity contribution >= 4 is 23.9 Å². The van der Waals surface area contributed by atoms with Crippen molar-refractivity contribution in [1.82, 2.24) is 20.4 Å². The first-order valence-electron chi connectivity index (χ1n) is 8.45. The molecule has 4 amide bonds. The number of piperazine rings is 1. The van der Waals surface area contributed by atoms with Crippen LogP contribution in [0.2, 0.25) is 0 Å². The van der Waals surface area contributed by atoms with Gasteiger partial charge in [0.1, 0.15) is 6.04 Å². The molecule has 1 unspecified atom stereocenters. The van der Waals surface area contributed by atoms with Gasteiger partial charge in [-0.25, -0.2) is 4.79 Å². The Bertz CT molecular complexity index is 666. The molecule has 2 N–H and O–H groups in total. The summed E-state index contributed by atoms with van der Waals surface area (Å²) >= 11 is 0. The van der Waals surface area contributed by atoms with Crippen molar-refractivity contribution in [3.63, 3.8) is 0 Å². The average Bonchev–Trinajstić information content (AvgIpc) is 2.93. The third kappa shape index (κ3) is 4.67. The van der Waals surface area contributed by atoms with Gasteiger partial charge in [0.2, 0.25) is 5.91 Å². The summed E-state index contributed by atoms with van der Waals surface area (Å²) in [5.74, 6) is -0.523. The van der Waals surface area contributed by atoms with E-state index in [0.29, 0.717) is 13.1 Å². The average molecular weight is 342 g/mol. The van der Waals surface area contributed by atoms with Crippen LogP contribution in [0.3, 0.4) is 0 Å². The van der Waals surface area contributed by atoms with E-state index in [0.717, 1.165) is 19.6 Å². The van der Waals surface area contributed by atoms with Crippen molar-refractivity contribution in [2.24, 2.45) is 0 Å². The van der Waals surface area contributed by atoms with Crippen LogP contribution < -0.4 is 10.6 Å². The molecule has 3 rings (SSSR count). The number of urea groups is 1. The molecule has 0 aromatic heterocycles. The van der Waals surface area contributed by atoms with Gasteiger partial charge in [-0.05, 0) is 5.56 Å². The van der Waals surface area contributed by atoms with Crippen LogP contribution in [0.1, 0.15) is 12.0 Å². The molecule has 2 saturated heterocycles. The number of hydrogen-bond acceptors (Lipinski definition) is 4. The monoisotopic (exact) mass is 342 g/mol. The van der Waals surface area contributed by atoms with Gasteiger partial charge in [0.05, 0.1) is 6.42 Å². The lowest BCUT2D eigenvalue weighted by atomic mass is 10.1. The summed E-state index contributed by atoms with van der Waals surface area (Å²) < 4.78 is 0. The van der Waals surface area contributed by atoms with Gasteiger partial charge in [0.15, 0.2) is 0 Å². The standard InChI is InChI=1S/C18H22N4O3/c23-16(13-15-17(24)20-18(25)19-15)22-11-9-21(10-12-22)8-4-7-14-5-2-1-3-6-14/h1-7,15H,8-13H2,(H2,19,20,24,25)/b7-4+. The van der Waals surface area contributed by atoms with E-state index in [1.54, 1.807) is 4.90 Å². The molecule has 132 valence electrons. The first-order chi connectivity index (χ1) is 12.1. The predicted octanol–water partition coefficient (Wildman–Crippen LogP) is 0.442. The summed E-state index contributed by atoms with van der Waals surface area (Å²) in [6.45, 7) is 3.72. The number of carbonyl (C=O) groups excluding carboxylic acids is 3. The smallest absolute Gasteiger partial charge is 0.322 e. The van der Waals surface area contributed by atoms with Crippen LogP contribution in [-0.4, -0.2) is 66.4 Å². The van der Waals surface area contributed by atoms with Gasteiger partial charge in [0.25, 0.3) is 5.91 Å². The highest BCUT2D eigenvalue weighted by atomic mass is 16.2. The summed E-state index contributed by atoms with van der Waals surface area (Å²) in [6.07, 6.45) is 4.25. The molecule has 7 nitrogen and oxygen atoms in total. The van der Waals surface area contributed by atoms with E-state index in [1.165, 1.54) is 5.56 Å². The number of amides is 4. The number of nitrogens with one attached hydrogen (secondary N) is 2. The fourth-order valence-corrected chi connectivity index (χ4v) is 2.99. The van der Waals surface area contributed by atoms with Crippen LogP contribution in [0.4, 0.5) is 4.79 Å². The van der Waals surface area contributed by atoms with Crippen molar-refractivity contribution < 1.29 is 14.4 Å². The number of carbonyl (C=O) groups is 3. The molecule has 1 aromatic rings. The van der Waals surface area contributed by atoms with Gasteiger partial charge < -0.3 is 10.2 Å². The van der Waals surface area contributed by atoms with E-state index >= 15 is 0 Å². The van der Waals surface area contributed by atoms with Crippen LogP contribution in [0.25, 0.3) is 6.08 Å². The van der Waals surface area contributed by atoms with E-state index in [2.05, 4.69) is 39.8 Å². The topological polar surface area (TPSA) is 81.8 Å². The van der Waals surface area contributed by atoms with Crippen LogP contribution in [0.15, 0.2) is 36.4 Å². The van der Waals surface area contributed by atoms with Crippen molar-refractivity contribution in [3.8, 4) is 0 Å². The lowest BCUT2D eigenvalue weighted by Crippen LogP contribution is -2.50. The number of nitrogens with zero attached hydrogens (tertiary/aromatic N) is 2. The molecule has 1 aromatic carbocycles. The van der Waals surface area contributed by atoms with Gasteiger partial charge in [0, 0.05) is 32.7 Å². The number of hydrogen-bond donors (Lipinski definition) is 2. The molecule has 0 bridgehead atoms. The Labute approximate surface area is 146 Å². The van der Waals surface area contributed by atoms with E-state index in [9.17, 15) is 14.4 Å². The molecular weight excluding hydrogens is 320 g/mol. The first kappa shape index (κ1) is 17.2. The number of imide groups is 1. The highest BCUT2D eigenvalue weighted by Gasteiger charge is 2.33. The maximum absolute atomic E-state index is 12.3. The molecule has 0 spiro atoms. The summed E-state index contributed by atoms with van der Waals surface area (Å²) in [4.78, 5) is 38.9. The van der Waals surface area contributed by atoms with Gasteiger partial charge in [-0.15, -0.1) is 0 Å². The lowest BCUT2D eigenvalue weighted by molar-refractivity contribution is -0.135. The van der Waals surface area contributed by atoms with E-state index < -0.39 is 18.0 Å². The lowest BCUT2D eigenvalue weighted by Gasteiger charge is -2.34. The maximum Gasteiger partial charge on any atom is 0.322 e. The fraction of sp³-hybridized carbons (Fsp3) is 0.389. The van der Waals surface area contributed by atoms with Crippen LogP contribution in [0, 0.1) is 0 Å². The van der Waals surface area contributed by atoms with Crippen molar-refractivity contribution in [2.75, 3.05) is 32.7 Å². The van der Waals surface area contributed by atoms with Gasteiger partial charge in [-0.1, -0.05) is 42.5 Å². The summed E-state index contributed by atoms with van der Waals surface area (Å²) in [7, 11) is 0. The Morgan fingerprint density at radius 1 is 1.12 bits per heavy atom. The molecule has 7 heteroatoms. The Kier molecular flexibility index (Phi) is 5.45. The van der Waals surface area contributed by atoms with Crippen molar-refractivity contribution in [1.29, 1.82) is 0 Å². The minimum atomic E-state index is -0.744. The summed E-state index contributed by atoms with van der Waals surface area (Å²) in [5, 5.41) is 4.60. The molecule has 2 fully saturated rings. The Hall–Kier alpha value is -2.67. The minimum Gasteiger partial charge on any atom is -0.340 e. The zero-order valence-electron chi connectivity index (χ0n) is 14.0. The second-order valence-corrected chi connectivity index (χ2v) is 6.21. The minimum absolute atomic E-state index is 0.0193. The molecule has 0 radical (unpaired) electrons. The predicted molar refractivity (Wildman–Crippen MR) is 93.6 cm³/mol. The van der Waals surface area contributed by atoms with Crippen molar-refractivity contribution in [3.05, 3.63) is 42.0 Å². The van der Waals surface area contributed by atoms with Crippen LogP contribution in [-0.2, 0) is 9.59 Å². The molecule has 2 aliphatic rings. The first-order valence-corrected chi connectivity index (χ1v) is 8.45. The Morgan fingerprint density at radius 2 is 1.84 bits per heavy atom. The zero-order chi connectivity index (χ0) is 17.6. The zero-order valence-corrected chi connectivity index (χ0v) is 14.0. The Balaban J connectivity index is 1.41. The second kappa shape index (κ2) is 7.94. The highest BCUT2D eigenvalue weighted by molar-refractivity contribution is 6.05. The highest BCUT2D eigenvalue weighted by Crippen LogP contribution is 2.08. The maximum atomic E-state index is 12.3. The molecule has 2 heterocycles. The third-order valence-corrected chi connectivity index (χ3v) is 4.44. The van der Waals surface area contributed by atoms with Crippen LogP contribution >= 0.6 is 0 Å². The molecule has 0 aliphatic carbocycles. The summed E-state index contributed by atoms with van der Waals surface area (Å²) in [5.41, 5.74) is 1.17. The van der Waals surface area contributed by atoms with Gasteiger partial charge >= 0.3 is 6.03 Å². The van der Waals surface area contributed by atoms with Gasteiger partial charge in [-0.2, -0.15) is 0 Å². The van der Waals surface area contributed by atoms with E-state index in [-0.39, 0.29) is 12.3 Å². The number of benzene rings is 1. The second-order valence-electron chi connectivity index (χ2n) is 6.21. The van der Waals surface area contributed by atoms with Crippen molar-refractivity contribution in [2.45, 2.75) is 12.5 Å². The molecule has 2 aliphatic heterocycles. The molecule has 1 atom stereocenters. The van der Waals surface area contributed by atoms with Gasteiger partial charge in [-0.3, -0.25) is 19.8 Å². The number of rotatable bonds is 5. The molecule has 0 saturated carbocycles.